The molecule has 0 aromatic carbocycles. The van der Waals surface area contributed by atoms with Crippen LogP contribution in [0, 0.1) is 10.8 Å². The van der Waals surface area contributed by atoms with Gasteiger partial charge in [0.1, 0.15) is 29.0 Å². The van der Waals surface area contributed by atoms with Gasteiger partial charge in [-0.15, -0.1) is 5.43 Å². The largest absolute Gasteiger partial charge is 0.481 e. The van der Waals surface area contributed by atoms with Crippen molar-refractivity contribution in [2.24, 2.45) is 5.92 Å². The van der Waals surface area contributed by atoms with Gasteiger partial charge >= 0.3 is 12.1 Å². The Balaban J connectivity index is 1.69. The lowest BCUT2D eigenvalue weighted by Crippen LogP contribution is -2.61. The summed E-state index contributed by atoms with van der Waals surface area (Å²) in [7, 11) is 0. The van der Waals surface area contributed by atoms with Crippen LogP contribution >= 0.6 is 12.6 Å². The molecule has 2 saturated heterocycles. The van der Waals surface area contributed by atoms with E-state index in [1.165, 1.54) is 29.9 Å². The quantitative estimate of drug-likeness (QED) is 0.0821. The van der Waals surface area contributed by atoms with Gasteiger partial charge in [-0.3, -0.25) is 43.7 Å². The average molecular weight is 833 g/mol. The van der Waals surface area contributed by atoms with Crippen LogP contribution in [0.1, 0.15) is 57.3 Å². The van der Waals surface area contributed by atoms with E-state index in [9.17, 15) is 48.4 Å². The van der Waals surface area contributed by atoms with Crippen molar-refractivity contribution < 1.29 is 48.3 Å². The van der Waals surface area contributed by atoms with E-state index in [0.29, 0.717) is 17.8 Å². The van der Waals surface area contributed by atoms with Gasteiger partial charge in [-0.25, -0.2) is 9.97 Å². The molecule has 0 radical (unpaired) electrons. The number of hydrazine groups is 1. The number of amides is 7. The molecule has 4 rings (SSSR count). The van der Waals surface area contributed by atoms with Crippen LogP contribution in [-0.4, -0.2) is 144 Å². The first-order chi connectivity index (χ1) is 27.6. The third-order valence-corrected chi connectivity index (χ3v) is 9.67. The molecule has 2 aromatic heterocycles. The zero-order chi connectivity index (χ0) is 42.4. The van der Waals surface area contributed by atoms with Crippen LogP contribution < -0.4 is 37.3 Å². The van der Waals surface area contributed by atoms with Gasteiger partial charge in [-0.05, 0) is 31.6 Å². The van der Waals surface area contributed by atoms with Crippen LogP contribution in [0.5, 0.6) is 0 Å². The molecule has 4 heterocycles. The molecule has 316 valence electrons. The number of H-pyrrole nitrogens is 2. The number of carbonyl (C=O) groups excluding carboxylic acids is 7. The minimum Gasteiger partial charge on any atom is -0.481 e. The Kier molecular flexibility index (Phi) is 16.5. The predicted octanol–water partition coefficient (Wildman–Crippen LogP) is -3.46. The van der Waals surface area contributed by atoms with Crippen molar-refractivity contribution in [2.45, 2.75) is 95.2 Å². The Morgan fingerprint density at radius 1 is 0.828 bits per heavy atom. The lowest BCUT2D eigenvalue weighted by Gasteiger charge is -2.28. The van der Waals surface area contributed by atoms with E-state index in [4.69, 9.17) is 0 Å². The van der Waals surface area contributed by atoms with E-state index in [-0.39, 0.29) is 55.2 Å². The van der Waals surface area contributed by atoms with Crippen molar-refractivity contribution in [2.75, 3.05) is 25.4 Å². The van der Waals surface area contributed by atoms with E-state index in [0.717, 1.165) is 0 Å². The number of carboxylic acid groups (broad SMARTS) is 1. The molecule has 0 saturated carbocycles. The van der Waals surface area contributed by atoms with Crippen LogP contribution in [0.15, 0.2) is 25.0 Å². The Morgan fingerprint density at radius 3 is 2.07 bits per heavy atom. The van der Waals surface area contributed by atoms with Gasteiger partial charge in [0.15, 0.2) is 6.04 Å². The molecule has 23 nitrogen and oxygen atoms in total. The highest BCUT2D eigenvalue weighted by atomic mass is 32.1. The summed E-state index contributed by atoms with van der Waals surface area (Å²) in [5.41, 5.74) is 3.38. The standard InChI is InChI=1S/C34H49N13O10S/c1-18(2)8-22-32(54)44-26(10-20-12-36-17-40-20)47(57)45-23(9-19-11-35-16-39-19)33(55)43-24(15-58)30(52)38-13-27(48)37-14-28(49)46-7-3-4-25(46)34(56)41-21(31(53)42-22)5-6-29(50)51/h11-12,16-18,21-26H,3-10,13-15H2,1-2H3,(H10-,35,36,37,38,39,40,41,42,43,44,45,48,50,51,52,53,54,55,56,57,58)/p+1. The molecule has 10 N–H and O–H groups in total. The van der Waals surface area contributed by atoms with E-state index in [2.05, 4.69) is 69.9 Å². The van der Waals surface area contributed by atoms with E-state index in [1.807, 2.05) is 0 Å². The molecule has 2 aliphatic heterocycles. The number of hydrogen-bond donors (Lipinski definition) is 11. The highest BCUT2D eigenvalue weighted by Gasteiger charge is 2.39. The number of carboxylic acids is 1. The molecule has 2 fully saturated rings. The van der Waals surface area contributed by atoms with Gasteiger partial charge in [0, 0.05) is 48.9 Å². The second-order valence-corrected chi connectivity index (χ2v) is 14.6. The number of nitrogens with zero attached hydrogens (tertiary/aromatic N) is 4. The molecule has 6 atom stereocenters. The summed E-state index contributed by atoms with van der Waals surface area (Å²) in [6, 6.07) is -6.47. The molecule has 24 heteroatoms. The third-order valence-electron chi connectivity index (χ3n) is 9.31. The number of aromatic nitrogens is 4. The molecule has 6 unspecified atom stereocenters. The fourth-order valence-corrected chi connectivity index (χ4v) is 6.59. The molecule has 7 amide bonds. The zero-order valence-electron chi connectivity index (χ0n) is 32.0. The number of nitrogens with one attached hydrogen (secondary N) is 9. The molecule has 58 heavy (non-hydrogen) atoms. The third kappa shape index (κ3) is 13.3. The van der Waals surface area contributed by atoms with Crippen molar-refractivity contribution in [1.82, 2.24) is 62.2 Å². The minimum atomic E-state index is -1.45. The summed E-state index contributed by atoms with van der Waals surface area (Å²) in [4.78, 5) is 135. The molecule has 0 aliphatic carbocycles. The lowest BCUT2D eigenvalue weighted by atomic mass is 10.0. The second kappa shape index (κ2) is 21.5. The van der Waals surface area contributed by atoms with Gasteiger partial charge < -0.3 is 46.6 Å². The molecule has 0 spiro atoms. The van der Waals surface area contributed by atoms with Gasteiger partial charge in [0.05, 0.1) is 37.1 Å². The maximum atomic E-state index is 14.0. The van der Waals surface area contributed by atoms with Gasteiger partial charge in [-0.1, -0.05) is 13.8 Å². The number of rotatable bonds is 10. The summed E-state index contributed by atoms with van der Waals surface area (Å²) in [5.74, 6) is -7.11. The van der Waals surface area contributed by atoms with Crippen LogP contribution in [0.3, 0.4) is 0 Å². The molecule has 0 bridgehead atoms. The second-order valence-electron chi connectivity index (χ2n) is 14.3. The van der Waals surface area contributed by atoms with Crippen LogP contribution in [0.4, 0.5) is 0 Å². The predicted molar refractivity (Wildman–Crippen MR) is 204 cm³/mol. The van der Waals surface area contributed by atoms with E-state index >= 15 is 0 Å². The number of hydrogen-bond acceptors (Lipinski definition) is 12. The van der Waals surface area contributed by atoms with Gasteiger partial charge in [0.25, 0.3) is 0 Å². The Morgan fingerprint density at radius 2 is 1.45 bits per heavy atom. The van der Waals surface area contributed by atoms with Crippen molar-refractivity contribution in [1.29, 1.82) is 0 Å². The average Bonchev–Trinajstić information content (AvgIpc) is 3.99. The monoisotopic (exact) mass is 832 g/mol. The Bertz CT molecular complexity index is 1790. The highest BCUT2D eigenvalue weighted by Crippen LogP contribution is 2.18. The van der Waals surface area contributed by atoms with E-state index in [1.54, 1.807) is 13.8 Å². The number of carbonyl (C=O) groups is 8. The maximum Gasteiger partial charge on any atom is 0.313 e. The number of fused-ring (bicyclic) bond motifs is 1. The Hall–Kier alpha value is -6.07. The number of nitroso groups, excluding NO2 is 1. The normalized spacial score (nSPS) is 25.0. The topological polar surface area (TPSA) is 322 Å². The van der Waals surface area contributed by atoms with Gasteiger partial charge in [0.2, 0.25) is 41.4 Å². The van der Waals surface area contributed by atoms with Crippen molar-refractivity contribution in [3.63, 3.8) is 0 Å². The van der Waals surface area contributed by atoms with Crippen LogP contribution in [0.2, 0.25) is 0 Å². The maximum absolute atomic E-state index is 14.0. The lowest BCUT2D eigenvalue weighted by molar-refractivity contribution is -0.647. The Labute approximate surface area is 337 Å². The number of aliphatic carboxylic acids is 1. The molecule has 2 aliphatic rings. The van der Waals surface area contributed by atoms with Crippen LogP contribution in [-0.2, 0) is 51.2 Å². The zero-order valence-corrected chi connectivity index (χ0v) is 32.9. The summed E-state index contributed by atoms with van der Waals surface area (Å²) in [6.45, 7) is 2.59. The first kappa shape index (κ1) is 44.6. The summed E-state index contributed by atoms with van der Waals surface area (Å²) < 4.78 is 0. The molecule has 2 aromatic rings. The fraction of sp³-hybridized carbons (Fsp3) is 0.588. The smallest absolute Gasteiger partial charge is 0.313 e. The summed E-state index contributed by atoms with van der Waals surface area (Å²) in [6.07, 6.45) is 3.56. The molecular formula is C34H50N13O10S+. The van der Waals surface area contributed by atoms with Gasteiger partial charge in [-0.2, -0.15) is 12.6 Å². The summed E-state index contributed by atoms with van der Waals surface area (Å²) >= 11 is 4.18. The van der Waals surface area contributed by atoms with Crippen molar-refractivity contribution >= 4 is 59.9 Å². The first-order valence-corrected chi connectivity index (χ1v) is 19.3. The first-order valence-electron chi connectivity index (χ1n) is 18.7. The minimum absolute atomic E-state index is 0.0505. The highest BCUT2D eigenvalue weighted by molar-refractivity contribution is 7.80. The summed E-state index contributed by atoms with van der Waals surface area (Å²) in [5, 5.41) is 24.5. The van der Waals surface area contributed by atoms with E-state index < -0.39 is 103 Å². The fourth-order valence-electron chi connectivity index (χ4n) is 6.33. The van der Waals surface area contributed by atoms with Crippen molar-refractivity contribution in [3.05, 3.63) is 41.3 Å². The number of aromatic amines is 2. The molecular weight excluding hydrogens is 783 g/mol. The number of imidazole rings is 2. The van der Waals surface area contributed by atoms with Crippen LogP contribution in [0.25, 0.3) is 0 Å². The van der Waals surface area contributed by atoms with Crippen molar-refractivity contribution in [3.8, 4) is 0 Å². The number of thiol groups is 1. The SMILES string of the molecule is CC(C)CC1NC(=O)C(CCC(=O)O)NC(=O)C2CCCN2C(=O)CNC(=O)CNC(=O)C(CS)NC(=O)C(Cc2cnc[nH]2)N[N+](=O)C(Cc2cnc[nH]2)NC1=O.